The molecule has 0 unspecified atom stereocenters. The van der Waals surface area contributed by atoms with E-state index in [1.165, 1.54) is 38.9 Å². The third-order valence-electron chi connectivity index (χ3n) is 5.78. The van der Waals surface area contributed by atoms with Crippen LogP contribution in [0.25, 0.3) is 22.7 Å². The molecule has 2 aromatic heterocycles. The van der Waals surface area contributed by atoms with Crippen LogP contribution in [0.2, 0.25) is 0 Å². The molecule has 0 aliphatic carbocycles. The van der Waals surface area contributed by atoms with Crippen LogP contribution >= 0.6 is 0 Å². The number of aromatic nitrogens is 2. The van der Waals surface area contributed by atoms with Gasteiger partial charge in [0, 0.05) is 55.8 Å². The summed E-state index contributed by atoms with van der Waals surface area (Å²) in [6.45, 7) is 4.54. The van der Waals surface area contributed by atoms with Gasteiger partial charge in [0.1, 0.15) is 0 Å². The molecule has 1 aliphatic rings. The number of hydrogen-bond donors (Lipinski definition) is 1. The van der Waals surface area contributed by atoms with Crippen molar-refractivity contribution >= 4 is 22.7 Å². The van der Waals surface area contributed by atoms with E-state index in [1.54, 1.807) is 0 Å². The molecule has 3 aromatic rings. The van der Waals surface area contributed by atoms with Crippen LogP contribution in [0.1, 0.15) is 42.1 Å². The Kier molecular flexibility index (Phi) is 5.60. The molecule has 28 heavy (non-hydrogen) atoms. The second-order valence-corrected chi connectivity index (χ2v) is 7.86. The number of aliphatic hydroxyl groups is 1. The minimum Gasteiger partial charge on any atom is -0.396 e. The highest BCUT2D eigenvalue weighted by atomic mass is 16.2. The number of likely N-dealkylation sites (N-methyl/N-ethyl adjacent to an activating group) is 1. The van der Waals surface area contributed by atoms with Crippen LogP contribution < -0.4 is 0 Å². The van der Waals surface area contributed by atoms with Gasteiger partial charge in [0.15, 0.2) is 0 Å². The van der Waals surface area contributed by atoms with Gasteiger partial charge >= 0.3 is 0 Å². The van der Waals surface area contributed by atoms with Gasteiger partial charge < -0.3 is 14.6 Å². The lowest BCUT2D eigenvalue weighted by Crippen LogP contribution is -2.26. The number of unbranched alkanes of at least 4 members (excludes halogenated alkanes) is 1. The van der Waals surface area contributed by atoms with Crippen molar-refractivity contribution < 1.29 is 5.11 Å². The van der Waals surface area contributed by atoms with E-state index < -0.39 is 0 Å². The van der Waals surface area contributed by atoms with Crippen LogP contribution in [0, 0.1) is 0 Å². The fourth-order valence-electron chi connectivity index (χ4n) is 4.20. The van der Waals surface area contributed by atoms with Crippen LogP contribution in [0.3, 0.4) is 0 Å². The lowest BCUT2D eigenvalue weighted by Gasteiger charge is -2.23. The molecule has 146 valence electrons. The lowest BCUT2D eigenvalue weighted by atomic mass is 10.0. The topological polar surface area (TPSA) is 41.3 Å². The Morgan fingerprint density at radius 3 is 2.79 bits per heavy atom. The van der Waals surface area contributed by atoms with Gasteiger partial charge in [0.2, 0.25) is 0 Å². The molecule has 3 heterocycles. The molecule has 0 saturated carbocycles. The monoisotopic (exact) mass is 375 g/mol. The van der Waals surface area contributed by atoms with Gasteiger partial charge in [-0.15, -0.1) is 0 Å². The quantitative estimate of drug-likeness (QED) is 0.651. The third-order valence-corrected chi connectivity index (χ3v) is 5.78. The summed E-state index contributed by atoms with van der Waals surface area (Å²) in [5.41, 5.74) is 8.01. The average Bonchev–Trinajstić information content (AvgIpc) is 3.01. The first-order valence-electron chi connectivity index (χ1n) is 10.2. The summed E-state index contributed by atoms with van der Waals surface area (Å²) in [7, 11) is 2.20. The predicted molar refractivity (Wildman–Crippen MR) is 116 cm³/mol. The number of hydrogen-bond acceptors (Lipinski definition) is 3. The number of allylic oxidation sites excluding steroid dienone is 1. The van der Waals surface area contributed by atoms with Crippen molar-refractivity contribution in [3.63, 3.8) is 0 Å². The number of benzene rings is 1. The molecule has 4 heteroatoms. The first kappa shape index (κ1) is 18.9. The first-order valence-corrected chi connectivity index (χ1v) is 10.2. The molecule has 0 fully saturated rings. The van der Waals surface area contributed by atoms with E-state index in [4.69, 9.17) is 5.11 Å². The summed E-state index contributed by atoms with van der Waals surface area (Å²) >= 11 is 0. The van der Waals surface area contributed by atoms with E-state index in [0.29, 0.717) is 0 Å². The van der Waals surface area contributed by atoms with Crippen molar-refractivity contribution in [2.75, 3.05) is 20.2 Å². The number of aliphatic hydroxyl groups excluding tert-OH is 1. The predicted octanol–water partition coefficient (Wildman–Crippen LogP) is 4.36. The molecule has 1 N–H and O–H groups in total. The van der Waals surface area contributed by atoms with Crippen molar-refractivity contribution in [3.05, 3.63) is 65.1 Å². The first-order chi connectivity index (χ1) is 13.7. The van der Waals surface area contributed by atoms with Crippen molar-refractivity contribution in [3.8, 4) is 0 Å². The molecule has 1 aliphatic heterocycles. The fraction of sp³-hybridized carbons (Fsp3) is 0.375. The standard InChI is InChI=1S/C24H29N3O/c1-18(20-8-11-25-12-9-20)16-27-23-7-6-19(5-3-4-14-28)15-21(23)22-17-26(2)13-10-24(22)27/h6-9,11-12,15-16,28H,3-5,10,13-14,17H2,1-2H3/b18-16+. The van der Waals surface area contributed by atoms with E-state index in [0.717, 1.165) is 38.8 Å². The van der Waals surface area contributed by atoms with E-state index in [1.807, 2.05) is 12.4 Å². The zero-order valence-electron chi connectivity index (χ0n) is 16.9. The number of nitrogens with zero attached hydrogens (tertiary/aromatic N) is 3. The smallest absolute Gasteiger partial charge is 0.0529 e. The second-order valence-electron chi connectivity index (χ2n) is 7.86. The third kappa shape index (κ3) is 3.75. The molecular formula is C24H29N3O. The van der Waals surface area contributed by atoms with Gasteiger partial charge in [-0.2, -0.15) is 0 Å². The zero-order valence-corrected chi connectivity index (χ0v) is 16.9. The summed E-state index contributed by atoms with van der Waals surface area (Å²) in [5, 5.41) is 10.4. The number of rotatable bonds is 6. The van der Waals surface area contributed by atoms with Crippen molar-refractivity contribution in [2.24, 2.45) is 0 Å². The highest BCUT2D eigenvalue weighted by Gasteiger charge is 2.22. The highest BCUT2D eigenvalue weighted by Crippen LogP contribution is 2.33. The Labute approximate surface area is 167 Å². The maximum Gasteiger partial charge on any atom is 0.0529 e. The van der Waals surface area contributed by atoms with Gasteiger partial charge in [0.25, 0.3) is 0 Å². The Morgan fingerprint density at radius 2 is 2.00 bits per heavy atom. The van der Waals surface area contributed by atoms with E-state index in [-0.39, 0.29) is 6.61 Å². The summed E-state index contributed by atoms with van der Waals surface area (Å²) < 4.78 is 2.41. The molecular weight excluding hydrogens is 346 g/mol. The van der Waals surface area contributed by atoms with Gasteiger partial charge in [-0.1, -0.05) is 6.07 Å². The fourth-order valence-corrected chi connectivity index (χ4v) is 4.20. The van der Waals surface area contributed by atoms with Crippen LogP contribution in [-0.4, -0.2) is 39.8 Å². The largest absolute Gasteiger partial charge is 0.396 e. The molecule has 1 aromatic carbocycles. The van der Waals surface area contributed by atoms with Gasteiger partial charge in [0.05, 0.1) is 5.52 Å². The molecule has 0 saturated heterocycles. The SMILES string of the molecule is C/C(=C\n1c2c(c3cc(CCCCO)ccc31)CN(C)CC2)c1ccncc1. The van der Waals surface area contributed by atoms with Gasteiger partial charge in [-0.25, -0.2) is 0 Å². The van der Waals surface area contributed by atoms with Crippen LogP contribution in [-0.2, 0) is 19.4 Å². The van der Waals surface area contributed by atoms with Crippen LogP contribution in [0.15, 0.2) is 42.7 Å². The Bertz CT molecular complexity index is 988. The molecule has 0 atom stereocenters. The van der Waals surface area contributed by atoms with Gasteiger partial charge in [-0.05, 0) is 79.8 Å². The number of pyridine rings is 1. The molecule has 0 amide bonds. The van der Waals surface area contributed by atoms with Crippen molar-refractivity contribution in [1.29, 1.82) is 0 Å². The van der Waals surface area contributed by atoms with Crippen molar-refractivity contribution in [1.82, 2.24) is 14.5 Å². The number of aryl methyl sites for hydroxylation is 1. The molecule has 0 spiro atoms. The maximum atomic E-state index is 9.07. The minimum absolute atomic E-state index is 0.276. The van der Waals surface area contributed by atoms with E-state index in [9.17, 15) is 0 Å². The Balaban J connectivity index is 1.80. The normalized spacial score (nSPS) is 15.2. The Morgan fingerprint density at radius 1 is 1.18 bits per heavy atom. The van der Waals surface area contributed by atoms with Crippen LogP contribution in [0.5, 0.6) is 0 Å². The summed E-state index contributed by atoms with van der Waals surface area (Å²) in [4.78, 5) is 6.55. The highest BCUT2D eigenvalue weighted by molar-refractivity contribution is 5.90. The molecule has 0 bridgehead atoms. The van der Waals surface area contributed by atoms with Gasteiger partial charge in [-0.3, -0.25) is 4.98 Å². The summed E-state index contributed by atoms with van der Waals surface area (Å²) in [6.07, 6.45) is 9.98. The summed E-state index contributed by atoms with van der Waals surface area (Å²) in [5.74, 6) is 0. The maximum absolute atomic E-state index is 9.07. The zero-order chi connectivity index (χ0) is 19.5. The van der Waals surface area contributed by atoms with Crippen LogP contribution in [0.4, 0.5) is 0 Å². The Hall–Kier alpha value is -2.43. The minimum atomic E-state index is 0.276. The number of fused-ring (bicyclic) bond motifs is 3. The van der Waals surface area contributed by atoms with E-state index >= 15 is 0 Å². The summed E-state index contributed by atoms with van der Waals surface area (Å²) in [6, 6.07) is 11.0. The molecule has 0 radical (unpaired) electrons. The van der Waals surface area contributed by atoms with Crippen molar-refractivity contribution in [2.45, 2.75) is 39.2 Å². The van der Waals surface area contributed by atoms with E-state index in [2.05, 4.69) is 65.0 Å². The second kappa shape index (κ2) is 8.29. The molecule has 4 nitrogen and oxygen atoms in total. The lowest BCUT2D eigenvalue weighted by molar-refractivity contribution is 0.284. The molecule has 4 rings (SSSR count). The average molecular weight is 376 g/mol.